The zero-order chi connectivity index (χ0) is 19.5. The number of aliphatic imine (C=N–C) groups is 1. The van der Waals surface area contributed by atoms with Crippen molar-refractivity contribution in [1.29, 1.82) is 0 Å². The number of guanidine groups is 1. The smallest absolute Gasteiger partial charge is 0.213 e. The topological polar surface area (TPSA) is 77.0 Å². The molecule has 0 radical (unpaired) electrons. The lowest BCUT2D eigenvalue weighted by atomic mass is 10.1. The molecular weight excluding hydrogens is 344 g/mol. The second kappa shape index (κ2) is 11.0. The molecule has 27 heavy (non-hydrogen) atoms. The number of hydrogen-bond acceptors (Lipinski definition) is 5. The van der Waals surface area contributed by atoms with Crippen molar-refractivity contribution in [1.82, 2.24) is 15.6 Å². The summed E-state index contributed by atoms with van der Waals surface area (Å²) in [5.41, 5.74) is 3.08. The fourth-order valence-electron chi connectivity index (χ4n) is 2.42. The zero-order valence-corrected chi connectivity index (χ0v) is 16.4. The van der Waals surface area contributed by atoms with Crippen LogP contribution in [0.5, 0.6) is 11.6 Å². The second-order valence-electron chi connectivity index (χ2n) is 5.90. The molecule has 0 aliphatic rings. The largest absolute Gasteiger partial charge is 0.491 e. The first kappa shape index (κ1) is 20.5. The molecule has 1 aromatic carbocycles. The van der Waals surface area contributed by atoms with Gasteiger partial charge >= 0.3 is 0 Å². The molecule has 0 unspecified atom stereocenters. The van der Waals surface area contributed by atoms with Crippen LogP contribution >= 0.6 is 0 Å². The second-order valence-corrected chi connectivity index (χ2v) is 5.90. The minimum absolute atomic E-state index is 0.515. The van der Waals surface area contributed by atoms with Gasteiger partial charge in [0.25, 0.3) is 0 Å². The summed E-state index contributed by atoms with van der Waals surface area (Å²) in [6.45, 7) is 4.25. The number of nitrogens with one attached hydrogen (secondary N) is 2. The SMILES string of the molecule is CN=C(NCc1cccc(OC)n1)NCc1ccc(C)cc1OCCOC. The number of methoxy groups -OCH3 is 2. The Morgan fingerprint density at radius 3 is 2.63 bits per heavy atom. The number of ether oxygens (including phenoxy) is 3. The van der Waals surface area contributed by atoms with Crippen LogP contribution in [0.25, 0.3) is 0 Å². The highest BCUT2D eigenvalue weighted by Crippen LogP contribution is 2.20. The van der Waals surface area contributed by atoms with Crippen LogP contribution in [0.4, 0.5) is 0 Å². The van der Waals surface area contributed by atoms with Gasteiger partial charge in [-0.1, -0.05) is 18.2 Å². The van der Waals surface area contributed by atoms with Gasteiger partial charge in [0.05, 0.1) is 26.0 Å². The molecule has 0 saturated heterocycles. The van der Waals surface area contributed by atoms with Crippen molar-refractivity contribution >= 4 is 5.96 Å². The summed E-state index contributed by atoms with van der Waals surface area (Å²) in [6, 6.07) is 11.8. The zero-order valence-electron chi connectivity index (χ0n) is 16.4. The van der Waals surface area contributed by atoms with E-state index < -0.39 is 0 Å². The molecule has 0 bridgehead atoms. The highest BCUT2D eigenvalue weighted by molar-refractivity contribution is 5.79. The van der Waals surface area contributed by atoms with E-state index in [1.54, 1.807) is 21.3 Å². The molecule has 2 rings (SSSR count). The van der Waals surface area contributed by atoms with Crippen LogP contribution in [-0.2, 0) is 17.8 Å². The van der Waals surface area contributed by atoms with E-state index in [4.69, 9.17) is 14.2 Å². The van der Waals surface area contributed by atoms with E-state index in [0.717, 1.165) is 22.6 Å². The minimum Gasteiger partial charge on any atom is -0.491 e. The Morgan fingerprint density at radius 2 is 1.89 bits per heavy atom. The third-order valence-corrected chi connectivity index (χ3v) is 3.86. The number of pyridine rings is 1. The fraction of sp³-hybridized carbons (Fsp3) is 0.400. The van der Waals surface area contributed by atoms with Gasteiger partial charge < -0.3 is 24.8 Å². The number of hydrogen-bond donors (Lipinski definition) is 2. The van der Waals surface area contributed by atoms with Crippen LogP contribution in [-0.4, -0.2) is 45.4 Å². The van der Waals surface area contributed by atoms with E-state index >= 15 is 0 Å². The van der Waals surface area contributed by atoms with E-state index in [1.165, 1.54) is 0 Å². The third-order valence-electron chi connectivity index (χ3n) is 3.86. The van der Waals surface area contributed by atoms with Gasteiger partial charge in [-0.3, -0.25) is 4.99 Å². The lowest BCUT2D eigenvalue weighted by molar-refractivity contribution is 0.145. The van der Waals surface area contributed by atoms with Crippen LogP contribution in [0.3, 0.4) is 0 Å². The summed E-state index contributed by atoms with van der Waals surface area (Å²) < 4.78 is 16.0. The maximum atomic E-state index is 5.83. The summed E-state index contributed by atoms with van der Waals surface area (Å²) in [5.74, 6) is 2.13. The van der Waals surface area contributed by atoms with Crippen molar-refractivity contribution in [3.63, 3.8) is 0 Å². The summed E-state index contributed by atoms with van der Waals surface area (Å²) >= 11 is 0. The monoisotopic (exact) mass is 372 g/mol. The van der Waals surface area contributed by atoms with Gasteiger partial charge in [-0.25, -0.2) is 4.98 Å². The average molecular weight is 372 g/mol. The van der Waals surface area contributed by atoms with Crippen LogP contribution in [0.2, 0.25) is 0 Å². The van der Waals surface area contributed by atoms with Gasteiger partial charge in [0.15, 0.2) is 5.96 Å². The van der Waals surface area contributed by atoms with Crippen molar-refractivity contribution in [3.05, 3.63) is 53.2 Å². The molecular formula is C20H28N4O3. The molecule has 0 saturated carbocycles. The van der Waals surface area contributed by atoms with Crippen molar-refractivity contribution in [2.75, 3.05) is 34.5 Å². The number of aromatic nitrogens is 1. The molecule has 1 heterocycles. The Hall–Kier alpha value is -2.80. The molecule has 0 spiro atoms. The summed E-state index contributed by atoms with van der Waals surface area (Å²) in [7, 11) is 5.00. The van der Waals surface area contributed by atoms with Gasteiger partial charge in [0.1, 0.15) is 12.4 Å². The molecule has 0 aliphatic heterocycles. The molecule has 2 aromatic rings. The Kier molecular flexibility index (Phi) is 8.38. The van der Waals surface area contributed by atoms with Gasteiger partial charge in [-0.15, -0.1) is 0 Å². The van der Waals surface area contributed by atoms with E-state index in [9.17, 15) is 0 Å². The first-order chi connectivity index (χ1) is 13.2. The molecule has 0 amide bonds. The van der Waals surface area contributed by atoms with Gasteiger partial charge in [0.2, 0.25) is 5.88 Å². The summed E-state index contributed by atoms with van der Waals surface area (Å²) in [4.78, 5) is 8.64. The molecule has 146 valence electrons. The van der Waals surface area contributed by atoms with Crippen LogP contribution in [0.1, 0.15) is 16.8 Å². The Morgan fingerprint density at radius 1 is 1.07 bits per heavy atom. The third kappa shape index (κ3) is 6.79. The first-order valence-corrected chi connectivity index (χ1v) is 8.82. The van der Waals surface area contributed by atoms with E-state index in [2.05, 4.69) is 32.7 Å². The highest BCUT2D eigenvalue weighted by Gasteiger charge is 2.06. The molecule has 1 aromatic heterocycles. The Labute approximate surface area is 160 Å². The lowest BCUT2D eigenvalue weighted by Gasteiger charge is -2.15. The van der Waals surface area contributed by atoms with Gasteiger partial charge in [0, 0.05) is 32.3 Å². The van der Waals surface area contributed by atoms with Gasteiger partial charge in [-0.2, -0.15) is 0 Å². The van der Waals surface area contributed by atoms with E-state index in [0.29, 0.717) is 38.1 Å². The lowest BCUT2D eigenvalue weighted by Crippen LogP contribution is -2.36. The predicted octanol–water partition coefficient (Wildman–Crippen LogP) is 2.29. The number of nitrogens with zero attached hydrogens (tertiary/aromatic N) is 2. The highest BCUT2D eigenvalue weighted by atomic mass is 16.5. The Bertz CT molecular complexity index is 750. The summed E-state index contributed by atoms with van der Waals surface area (Å²) in [6.07, 6.45) is 0. The maximum Gasteiger partial charge on any atom is 0.213 e. The molecule has 0 aliphatic carbocycles. The van der Waals surface area contributed by atoms with Crippen molar-refractivity contribution < 1.29 is 14.2 Å². The number of benzene rings is 1. The molecule has 7 heteroatoms. The predicted molar refractivity (Wildman–Crippen MR) is 106 cm³/mol. The molecule has 0 fully saturated rings. The first-order valence-electron chi connectivity index (χ1n) is 8.82. The standard InChI is InChI=1S/C20H28N4O3/c1-15-8-9-16(18(12-15)27-11-10-25-3)13-22-20(21-2)23-14-17-6-5-7-19(24-17)26-4/h5-9,12H,10-11,13-14H2,1-4H3,(H2,21,22,23). The number of aryl methyl sites for hydroxylation is 1. The molecule has 0 atom stereocenters. The maximum absolute atomic E-state index is 5.83. The van der Waals surface area contributed by atoms with Gasteiger partial charge in [-0.05, 0) is 24.6 Å². The summed E-state index contributed by atoms with van der Waals surface area (Å²) in [5, 5.41) is 6.55. The van der Waals surface area contributed by atoms with Crippen molar-refractivity contribution in [2.45, 2.75) is 20.0 Å². The molecule has 7 nitrogen and oxygen atoms in total. The normalized spacial score (nSPS) is 11.2. The van der Waals surface area contributed by atoms with Crippen molar-refractivity contribution in [3.8, 4) is 11.6 Å². The van der Waals surface area contributed by atoms with Crippen molar-refractivity contribution in [2.24, 2.45) is 4.99 Å². The van der Waals surface area contributed by atoms with Crippen LogP contribution in [0.15, 0.2) is 41.4 Å². The van der Waals surface area contributed by atoms with E-state index in [-0.39, 0.29) is 0 Å². The average Bonchev–Trinajstić information content (AvgIpc) is 2.69. The van der Waals surface area contributed by atoms with Crippen LogP contribution < -0.4 is 20.1 Å². The number of rotatable bonds is 9. The van der Waals surface area contributed by atoms with E-state index in [1.807, 2.05) is 31.2 Å². The quantitative estimate of drug-likeness (QED) is 0.400. The Balaban J connectivity index is 1.93. The van der Waals surface area contributed by atoms with Crippen LogP contribution in [0, 0.1) is 6.92 Å². The fourth-order valence-corrected chi connectivity index (χ4v) is 2.42. The molecule has 2 N–H and O–H groups in total. The minimum atomic E-state index is 0.515.